The summed E-state index contributed by atoms with van der Waals surface area (Å²) in [7, 11) is 0. The topological polar surface area (TPSA) is 49.3 Å². The van der Waals surface area contributed by atoms with Gasteiger partial charge in [-0.05, 0) is 24.1 Å². The monoisotopic (exact) mass is 317 g/mol. The van der Waals surface area contributed by atoms with Crippen molar-refractivity contribution in [3.63, 3.8) is 0 Å². The maximum atomic E-state index is 13.4. The molecule has 0 aromatic heterocycles. The molecule has 1 aromatic carbocycles. The number of benzene rings is 1. The number of carbonyl (C=O) groups is 1. The normalized spacial score (nSPS) is 12.7. The molecule has 18 heavy (non-hydrogen) atoms. The maximum Gasteiger partial charge on any atom is 0.308 e. The second-order valence-electron chi connectivity index (χ2n) is 4.56. The second kappa shape index (κ2) is 6.85. The summed E-state index contributed by atoms with van der Waals surface area (Å²) in [5.74, 6) is -1.53. The molecule has 1 unspecified atom stereocenters. The highest BCUT2D eigenvalue weighted by atomic mass is 79.9. The van der Waals surface area contributed by atoms with Crippen LogP contribution in [0.25, 0.3) is 0 Å². The van der Waals surface area contributed by atoms with Gasteiger partial charge in [-0.3, -0.25) is 4.79 Å². The van der Waals surface area contributed by atoms with Crippen LogP contribution in [0.1, 0.15) is 19.4 Å². The number of carboxylic acids is 1. The molecule has 0 fully saturated rings. The van der Waals surface area contributed by atoms with Gasteiger partial charge in [0.05, 0.1) is 5.92 Å². The molecule has 1 atom stereocenters. The van der Waals surface area contributed by atoms with Crippen molar-refractivity contribution >= 4 is 21.9 Å². The van der Waals surface area contributed by atoms with Crippen LogP contribution in [0.4, 0.5) is 4.39 Å². The van der Waals surface area contributed by atoms with Crippen LogP contribution in [0.3, 0.4) is 0 Å². The van der Waals surface area contributed by atoms with Gasteiger partial charge in [0.15, 0.2) is 0 Å². The van der Waals surface area contributed by atoms with Crippen LogP contribution in [-0.4, -0.2) is 17.6 Å². The molecule has 0 bridgehead atoms. The van der Waals surface area contributed by atoms with Crippen LogP contribution in [0.5, 0.6) is 0 Å². The number of aliphatic carboxylic acids is 1. The minimum atomic E-state index is -0.827. The van der Waals surface area contributed by atoms with E-state index in [1.54, 1.807) is 12.1 Å². The smallest absolute Gasteiger partial charge is 0.308 e. The number of halogens is 2. The van der Waals surface area contributed by atoms with Crippen molar-refractivity contribution in [3.05, 3.63) is 34.1 Å². The van der Waals surface area contributed by atoms with Crippen LogP contribution in [-0.2, 0) is 11.3 Å². The Bertz CT molecular complexity index is 423. The van der Waals surface area contributed by atoms with Crippen molar-refractivity contribution in [2.75, 3.05) is 6.54 Å². The second-order valence-corrected chi connectivity index (χ2v) is 5.47. The van der Waals surface area contributed by atoms with E-state index in [2.05, 4.69) is 21.2 Å². The summed E-state index contributed by atoms with van der Waals surface area (Å²) in [6, 6.07) is 4.71. The highest BCUT2D eigenvalue weighted by Crippen LogP contribution is 2.16. The van der Waals surface area contributed by atoms with E-state index in [1.165, 1.54) is 6.07 Å². The summed E-state index contributed by atoms with van der Waals surface area (Å²) in [6.45, 7) is 4.38. The summed E-state index contributed by atoms with van der Waals surface area (Å²) in [6.07, 6.45) is 0. The molecule has 0 saturated heterocycles. The number of hydrogen-bond donors (Lipinski definition) is 2. The molecule has 0 amide bonds. The lowest BCUT2D eigenvalue weighted by Crippen LogP contribution is -2.31. The molecule has 0 aliphatic rings. The lowest BCUT2D eigenvalue weighted by atomic mass is 9.96. The molecule has 3 nitrogen and oxygen atoms in total. The zero-order chi connectivity index (χ0) is 13.7. The number of nitrogens with one attached hydrogen (secondary N) is 1. The summed E-state index contributed by atoms with van der Waals surface area (Å²) in [5, 5.41) is 12.0. The predicted octanol–water partition coefficient (Wildman–Crippen LogP) is 3.03. The minimum absolute atomic E-state index is 0.0438. The minimum Gasteiger partial charge on any atom is -0.481 e. The molecule has 5 heteroatoms. The van der Waals surface area contributed by atoms with Crippen molar-refractivity contribution in [1.82, 2.24) is 5.32 Å². The Hall–Kier alpha value is -0.940. The Labute approximate surface area is 115 Å². The third-order valence-electron chi connectivity index (χ3n) is 2.81. The average molecular weight is 318 g/mol. The molecule has 2 N–H and O–H groups in total. The predicted molar refractivity (Wildman–Crippen MR) is 71.8 cm³/mol. The SMILES string of the molecule is CC(C)C(CNCc1cc(Br)ccc1F)C(=O)O. The molecular formula is C13H17BrFNO2. The van der Waals surface area contributed by atoms with Crippen LogP contribution < -0.4 is 5.32 Å². The van der Waals surface area contributed by atoms with E-state index in [1.807, 2.05) is 13.8 Å². The fraction of sp³-hybridized carbons (Fsp3) is 0.462. The molecular weight excluding hydrogens is 301 g/mol. The standard InChI is InChI=1S/C13H17BrFNO2/c1-8(2)11(13(17)18)7-16-6-9-5-10(14)3-4-12(9)15/h3-5,8,11,16H,6-7H2,1-2H3,(H,17,18). The molecule has 1 rings (SSSR count). The molecule has 1 aromatic rings. The third-order valence-corrected chi connectivity index (χ3v) is 3.30. The van der Waals surface area contributed by atoms with Gasteiger partial charge in [0, 0.05) is 23.1 Å². The molecule has 0 radical (unpaired) electrons. The van der Waals surface area contributed by atoms with Crippen LogP contribution in [0, 0.1) is 17.7 Å². The first-order chi connectivity index (χ1) is 8.41. The zero-order valence-electron chi connectivity index (χ0n) is 10.4. The van der Waals surface area contributed by atoms with Crippen molar-refractivity contribution in [2.24, 2.45) is 11.8 Å². The van der Waals surface area contributed by atoms with Gasteiger partial charge >= 0.3 is 5.97 Å². The molecule has 0 saturated carbocycles. The summed E-state index contributed by atoms with van der Waals surface area (Å²) in [5.41, 5.74) is 0.525. The van der Waals surface area contributed by atoms with Crippen LogP contribution in [0.2, 0.25) is 0 Å². The fourth-order valence-electron chi connectivity index (χ4n) is 1.65. The molecule has 100 valence electrons. The lowest BCUT2D eigenvalue weighted by molar-refractivity contribution is -0.143. The molecule has 0 heterocycles. The van der Waals surface area contributed by atoms with Crippen molar-refractivity contribution in [2.45, 2.75) is 20.4 Å². The van der Waals surface area contributed by atoms with Gasteiger partial charge in [-0.2, -0.15) is 0 Å². The van der Waals surface area contributed by atoms with Gasteiger partial charge < -0.3 is 10.4 Å². The summed E-state index contributed by atoms with van der Waals surface area (Å²) >= 11 is 3.28. The first-order valence-electron chi connectivity index (χ1n) is 5.79. The molecule has 0 aliphatic carbocycles. The van der Waals surface area contributed by atoms with Gasteiger partial charge in [-0.25, -0.2) is 4.39 Å². The van der Waals surface area contributed by atoms with Crippen LogP contribution >= 0.6 is 15.9 Å². The van der Waals surface area contributed by atoms with Gasteiger partial charge in [-0.1, -0.05) is 29.8 Å². The quantitative estimate of drug-likeness (QED) is 0.848. The van der Waals surface area contributed by atoms with Crippen molar-refractivity contribution < 1.29 is 14.3 Å². The summed E-state index contributed by atoms with van der Waals surface area (Å²) < 4.78 is 14.2. The summed E-state index contributed by atoms with van der Waals surface area (Å²) in [4.78, 5) is 11.0. The third kappa shape index (κ3) is 4.38. The Balaban J connectivity index is 2.55. The van der Waals surface area contributed by atoms with E-state index >= 15 is 0 Å². The Morgan fingerprint density at radius 2 is 2.17 bits per heavy atom. The van der Waals surface area contributed by atoms with E-state index in [4.69, 9.17) is 5.11 Å². The van der Waals surface area contributed by atoms with E-state index in [9.17, 15) is 9.18 Å². The van der Waals surface area contributed by atoms with Gasteiger partial charge in [0.1, 0.15) is 5.82 Å². The largest absolute Gasteiger partial charge is 0.481 e. The van der Waals surface area contributed by atoms with Gasteiger partial charge in [-0.15, -0.1) is 0 Å². The van der Waals surface area contributed by atoms with E-state index in [-0.39, 0.29) is 11.7 Å². The lowest BCUT2D eigenvalue weighted by Gasteiger charge is -2.17. The zero-order valence-corrected chi connectivity index (χ0v) is 12.0. The van der Waals surface area contributed by atoms with E-state index in [0.717, 1.165) is 4.47 Å². The number of hydrogen-bond acceptors (Lipinski definition) is 2. The first-order valence-corrected chi connectivity index (χ1v) is 6.58. The van der Waals surface area contributed by atoms with Crippen molar-refractivity contribution in [1.29, 1.82) is 0 Å². The Morgan fingerprint density at radius 1 is 1.50 bits per heavy atom. The highest BCUT2D eigenvalue weighted by Gasteiger charge is 2.20. The first kappa shape index (κ1) is 15.1. The number of carboxylic acid groups (broad SMARTS) is 1. The average Bonchev–Trinajstić information content (AvgIpc) is 2.27. The van der Waals surface area contributed by atoms with E-state index in [0.29, 0.717) is 18.7 Å². The van der Waals surface area contributed by atoms with Gasteiger partial charge in [0.25, 0.3) is 0 Å². The van der Waals surface area contributed by atoms with Crippen molar-refractivity contribution in [3.8, 4) is 0 Å². The molecule has 0 spiro atoms. The van der Waals surface area contributed by atoms with Crippen LogP contribution in [0.15, 0.2) is 22.7 Å². The Kier molecular flexibility index (Phi) is 5.75. The van der Waals surface area contributed by atoms with E-state index < -0.39 is 11.9 Å². The highest BCUT2D eigenvalue weighted by molar-refractivity contribution is 9.10. The maximum absolute atomic E-state index is 13.4. The molecule has 0 aliphatic heterocycles. The Morgan fingerprint density at radius 3 is 2.72 bits per heavy atom. The fourth-order valence-corrected chi connectivity index (χ4v) is 2.06. The van der Waals surface area contributed by atoms with Gasteiger partial charge in [0.2, 0.25) is 0 Å². The number of rotatable bonds is 6.